The van der Waals surface area contributed by atoms with Gasteiger partial charge in [-0.2, -0.15) is 0 Å². The predicted molar refractivity (Wildman–Crippen MR) is 67.1 cm³/mol. The van der Waals surface area contributed by atoms with E-state index in [2.05, 4.69) is 11.0 Å². The molecule has 0 heterocycles. The van der Waals surface area contributed by atoms with Gasteiger partial charge in [0.1, 0.15) is 5.75 Å². The Morgan fingerprint density at radius 3 is 2.35 bits per heavy atom. The van der Waals surface area contributed by atoms with Gasteiger partial charge in [0.05, 0.1) is 7.11 Å². The zero-order valence-corrected chi connectivity index (χ0v) is 11.0. The SMILES string of the molecule is COc1ccccc1CN(C)CC(OC)OC. The van der Waals surface area contributed by atoms with Crippen LogP contribution in [0.15, 0.2) is 24.3 Å². The summed E-state index contributed by atoms with van der Waals surface area (Å²) in [4.78, 5) is 2.13. The fourth-order valence-corrected chi connectivity index (χ4v) is 1.69. The first-order chi connectivity index (χ1) is 8.21. The molecule has 0 aliphatic rings. The van der Waals surface area contributed by atoms with E-state index < -0.39 is 0 Å². The number of hydrogen-bond acceptors (Lipinski definition) is 4. The first kappa shape index (κ1) is 14.0. The van der Waals surface area contributed by atoms with Crippen LogP contribution in [0.5, 0.6) is 5.75 Å². The maximum atomic E-state index is 5.31. The lowest BCUT2D eigenvalue weighted by Crippen LogP contribution is -2.31. The molecule has 0 aliphatic carbocycles. The van der Waals surface area contributed by atoms with Crippen LogP contribution in [0.25, 0.3) is 0 Å². The molecule has 4 nitrogen and oxygen atoms in total. The number of para-hydroxylation sites is 1. The average molecular weight is 239 g/mol. The highest BCUT2D eigenvalue weighted by Gasteiger charge is 2.11. The molecule has 1 aromatic rings. The minimum absolute atomic E-state index is 0.199. The lowest BCUT2D eigenvalue weighted by atomic mass is 10.2. The largest absolute Gasteiger partial charge is 0.496 e. The van der Waals surface area contributed by atoms with Crippen molar-refractivity contribution in [1.29, 1.82) is 0 Å². The van der Waals surface area contributed by atoms with Crippen LogP contribution in [0.4, 0.5) is 0 Å². The van der Waals surface area contributed by atoms with E-state index in [9.17, 15) is 0 Å². The van der Waals surface area contributed by atoms with E-state index >= 15 is 0 Å². The van der Waals surface area contributed by atoms with Crippen molar-refractivity contribution in [3.8, 4) is 5.75 Å². The van der Waals surface area contributed by atoms with Gasteiger partial charge < -0.3 is 14.2 Å². The van der Waals surface area contributed by atoms with Crippen LogP contribution in [-0.2, 0) is 16.0 Å². The molecule has 96 valence electrons. The van der Waals surface area contributed by atoms with E-state index in [-0.39, 0.29) is 6.29 Å². The average Bonchev–Trinajstić information content (AvgIpc) is 2.36. The van der Waals surface area contributed by atoms with Crippen molar-refractivity contribution in [1.82, 2.24) is 4.90 Å². The van der Waals surface area contributed by atoms with Crippen LogP contribution < -0.4 is 4.74 Å². The molecule has 0 N–H and O–H groups in total. The van der Waals surface area contributed by atoms with Gasteiger partial charge in [0, 0.05) is 32.9 Å². The first-order valence-corrected chi connectivity index (χ1v) is 5.57. The number of nitrogens with zero attached hydrogens (tertiary/aromatic N) is 1. The van der Waals surface area contributed by atoms with Crippen molar-refractivity contribution in [3.05, 3.63) is 29.8 Å². The predicted octanol–water partition coefficient (Wildman–Crippen LogP) is 1.75. The fraction of sp³-hybridized carbons (Fsp3) is 0.538. The molecule has 1 aromatic carbocycles. The highest BCUT2D eigenvalue weighted by Crippen LogP contribution is 2.18. The molecule has 0 saturated heterocycles. The summed E-state index contributed by atoms with van der Waals surface area (Å²) >= 11 is 0. The van der Waals surface area contributed by atoms with Gasteiger partial charge in [0.25, 0.3) is 0 Å². The summed E-state index contributed by atoms with van der Waals surface area (Å²) in [6.07, 6.45) is -0.199. The lowest BCUT2D eigenvalue weighted by molar-refractivity contribution is -0.114. The molecule has 1 rings (SSSR count). The van der Waals surface area contributed by atoms with Gasteiger partial charge in [-0.15, -0.1) is 0 Å². The van der Waals surface area contributed by atoms with Crippen molar-refractivity contribution in [2.45, 2.75) is 12.8 Å². The maximum absolute atomic E-state index is 5.31. The Morgan fingerprint density at radius 2 is 1.76 bits per heavy atom. The smallest absolute Gasteiger partial charge is 0.169 e. The number of benzene rings is 1. The molecule has 0 saturated carbocycles. The Labute approximate surface area is 103 Å². The standard InChI is InChI=1S/C13H21NO3/c1-14(10-13(16-3)17-4)9-11-7-5-6-8-12(11)15-2/h5-8,13H,9-10H2,1-4H3. The summed E-state index contributed by atoms with van der Waals surface area (Å²) < 4.78 is 15.7. The minimum Gasteiger partial charge on any atom is -0.496 e. The lowest BCUT2D eigenvalue weighted by Gasteiger charge is -2.22. The van der Waals surface area contributed by atoms with E-state index in [1.807, 2.05) is 25.2 Å². The topological polar surface area (TPSA) is 30.9 Å². The van der Waals surface area contributed by atoms with E-state index in [1.54, 1.807) is 21.3 Å². The molecule has 0 spiro atoms. The van der Waals surface area contributed by atoms with E-state index in [4.69, 9.17) is 14.2 Å². The summed E-state index contributed by atoms with van der Waals surface area (Å²) in [5.74, 6) is 0.908. The van der Waals surface area contributed by atoms with Gasteiger partial charge in [-0.05, 0) is 13.1 Å². The summed E-state index contributed by atoms with van der Waals surface area (Å²) in [6, 6.07) is 8.00. The summed E-state index contributed by atoms with van der Waals surface area (Å²) in [7, 11) is 7.00. The normalized spacial score (nSPS) is 11.2. The van der Waals surface area contributed by atoms with Gasteiger partial charge >= 0.3 is 0 Å². The molecule has 0 amide bonds. The van der Waals surface area contributed by atoms with Crippen LogP contribution >= 0.6 is 0 Å². The summed E-state index contributed by atoms with van der Waals surface area (Å²) in [6.45, 7) is 1.51. The van der Waals surface area contributed by atoms with E-state index in [1.165, 1.54) is 0 Å². The quantitative estimate of drug-likeness (QED) is 0.678. The Hall–Kier alpha value is -1.10. The zero-order valence-electron chi connectivity index (χ0n) is 11.0. The van der Waals surface area contributed by atoms with E-state index in [0.717, 1.165) is 17.9 Å². The molecule has 0 aliphatic heterocycles. The van der Waals surface area contributed by atoms with Crippen LogP contribution in [0.2, 0.25) is 0 Å². The Morgan fingerprint density at radius 1 is 1.12 bits per heavy atom. The number of methoxy groups -OCH3 is 3. The molecule has 17 heavy (non-hydrogen) atoms. The molecule has 4 heteroatoms. The number of rotatable bonds is 7. The molecule has 0 unspecified atom stereocenters. The van der Waals surface area contributed by atoms with Crippen LogP contribution in [0, 0.1) is 0 Å². The van der Waals surface area contributed by atoms with Gasteiger partial charge in [-0.3, -0.25) is 4.90 Å². The highest BCUT2D eigenvalue weighted by atomic mass is 16.7. The van der Waals surface area contributed by atoms with Crippen LogP contribution in [-0.4, -0.2) is 46.1 Å². The minimum atomic E-state index is -0.199. The molecular weight excluding hydrogens is 218 g/mol. The third kappa shape index (κ3) is 4.34. The highest BCUT2D eigenvalue weighted by molar-refractivity contribution is 5.32. The molecule has 0 bridgehead atoms. The monoisotopic (exact) mass is 239 g/mol. The maximum Gasteiger partial charge on any atom is 0.169 e. The van der Waals surface area contributed by atoms with Crippen molar-refractivity contribution in [2.24, 2.45) is 0 Å². The number of ether oxygens (including phenoxy) is 3. The molecular formula is C13H21NO3. The van der Waals surface area contributed by atoms with E-state index in [0.29, 0.717) is 6.54 Å². The second-order valence-electron chi connectivity index (χ2n) is 3.91. The molecule has 0 atom stereocenters. The van der Waals surface area contributed by atoms with Gasteiger partial charge in [0.15, 0.2) is 6.29 Å². The zero-order chi connectivity index (χ0) is 12.7. The summed E-state index contributed by atoms with van der Waals surface area (Å²) in [5.41, 5.74) is 1.16. The Kier molecular flexibility index (Phi) is 5.97. The number of hydrogen-bond donors (Lipinski definition) is 0. The molecule has 0 fully saturated rings. The van der Waals surface area contributed by atoms with Crippen molar-refractivity contribution in [3.63, 3.8) is 0 Å². The second-order valence-corrected chi connectivity index (χ2v) is 3.91. The third-order valence-electron chi connectivity index (χ3n) is 2.62. The van der Waals surface area contributed by atoms with Crippen molar-refractivity contribution >= 4 is 0 Å². The van der Waals surface area contributed by atoms with Crippen molar-refractivity contribution < 1.29 is 14.2 Å². The Balaban J connectivity index is 2.58. The van der Waals surface area contributed by atoms with Gasteiger partial charge in [-0.1, -0.05) is 18.2 Å². The van der Waals surface area contributed by atoms with Gasteiger partial charge in [-0.25, -0.2) is 0 Å². The molecule has 0 aromatic heterocycles. The van der Waals surface area contributed by atoms with Crippen molar-refractivity contribution in [2.75, 3.05) is 34.9 Å². The van der Waals surface area contributed by atoms with Gasteiger partial charge in [0.2, 0.25) is 0 Å². The summed E-state index contributed by atoms with van der Waals surface area (Å²) in [5, 5.41) is 0. The Bertz CT molecular complexity index is 326. The van der Waals surface area contributed by atoms with Crippen LogP contribution in [0.1, 0.15) is 5.56 Å². The molecule has 0 radical (unpaired) electrons. The third-order valence-corrected chi connectivity index (χ3v) is 2.62. The fourth-order valence-electron chi connectivity index (χ4n) is 1.69. The van der Waals surface area contributed by atoms with Crippen LogP contribution in [0.3, 0.4) is 0 Å². The first-order valence-electron chi connectivity index (χ1n) is 5.57. The second kappa shape index (κ2) is 7.27. The number of likely N-dealkylation sites (N-methyl/N-ethyl adjacent to an activating group) is 1.